The van der Waals surface area contributed by atoms with Gasteiger partial charge in [0.05, 0.1) is 13.0 Å². The van der Waals surface area contributed by atoms with E-state index in [0.29, 0.717) is 11.8 Å². The molecule has 0 spiro atoms. The maximum Gasteiger partial charge on any atom is 0.227 e. The van der Waals surface area contributed by atoms with E-state index in [1.54, 1.807) is 12.4 Å². The van der Waals surface area contributed by atoms with Crippen molar-refractivity contribution in [1.82, 2.24) is 14.8 Å². The minimum absolute atomic E-state index is 0.201. The van der Waals surface area contributed by atoms with Gasteiger partial charge in [0.1, 0.15) is 5.75 Å². The Kier molecular flexibility index (Phi) is 6.53. The quantitative estimate of drug-likeness (QED) is 0.544. The topological polar surface area (TPSA) is 45.7 Å². The number of pyridine rings is 1. The maximum atomic E-state index is 12.6. The van der Waals surface area contributed by atoms with Crippen LogP contribution < -0.4 is 4.74 Å². The third-order valence-corrected chi connectivity index (χ3v) is 9.17. The average Bonchev–Trinajstić information content (AvgIpc) is 2.84. The molecule has 4 aliphatic carbocycles. The van der Waals surface area contributed by atoms with E-state index in [4.69, 9.17) is 4.74 Å². The number of hydrogen-bond donors (Lipinski definition) is 0. The second-order valence-corrected chi connectivity index (χ2v) is 11.9. The highest BCUT2D eigenvalue weighted by atomic mass is 16.5. The molecule has 5 heteroatoms. The van der Waals surface area contributed by atoms with E-state index in [9.17, 15) is 4.79 Å². The van der Waals surface area contributed by atoms with Crippen molar-refractivity contribution >= 4 is 5.91 Å². The SMILES string of the molecule is O=C(Cc1cccnc1)N1CCN(Cc2cccc(OCCC34CC5CC(CC(C5)C3)C4)c2)CC1. The summed E-state index contributed by atoms with van der Waals surface area (Å²) in [6, 6.07) is 12.5. The Balaban J connectivity index is 0.962. The monoisotopic (exact) mass is 473 g/mol. The molecule has 5 fully saturated rings. The average molecular weight is 474 g/mol. The number of nitrogens with zero attached hydrogens (tertiary/aromatic N) is 3. The van der Waals surface area contributed by atoms with E-state index in [2.05, 4.69) is 34.1 Å². The van der Waals surface area contributed by atoms with Gasteiger partial charge >= 0.3 is 0 Å². The number of aromatic nitrogens is 1. The van der Waals surface area contributed by atoms with E-state index in [0.717, 1.165) is 68.4 Å². The summed E-state index contributed by atoms with van der Waals surface area (Å²) in [5.74, 6) is 4.24. The molecule has 5 aliphatic rings. The summed E-state index contributed by atoms with van der Waals surface area (Å²) >= 11 is 0. The normalized spacial score (nSPS) is 29.9. The lowest BCUT2D eigenvalue weighted by atomic mass is 9.49. The molecule has 1 aromatic carbocycles. The van der Waals surface area contributed by atoms with Crippen LogP contribution in [0.3, 0.4) is 0 Å². The second-order valence-electron chi connectivity index (χ2n) is 11.9. The fourth-order valence-electron chi connectivity index (χ4n) is 7.92. The molecule has 0 radical (unpaired) electrons. The minimum atomic E-state index is 0.201. The van der Waals surface area contributed by atoms with Gasteiger partial charge in [-0.2, -0.15) is 0 Å². The summed E-state index contributed by atoms with van der Waals surface area (Å²) < 4.78 is 6.30. The highest BCUT2D eigenvalue weighted by molar-refractivity contribution is 5.78. The van der Waals surface area contributed by atoms with Crippen molar-refractivity contribution in [3.05, 3.63) is 59.9 Å². The number of carbonyl (C=O) groups is 1. The van der Waals surface area contributed by atoms with Crippen molar-refractivity contribution < 1.29 is 9.53 Å². The molecule has 2 heterocycles. The van der Waals surface area contributed by atoms with Crippen molar-refractivity contribution in [2.45, 2.75) is 57.9 Å². The first-order valence-corrected chi connectivity index (χ1v) is 13.7. The Labute approximate surface area is 209 Å². The van der Waals surface area contributed by atoms with Crippen molar-refractivity contribution in [1.29, 1.82) is 0 Å². The second kappa shape index (κ2) is 9.93. The third kappa shape index (κ3) is 5.40. The van der Waals surface area contributed by atoms with Gasteiger partial charge < -0.3 is 9.64 Å². The lowest BCUT2D eigenvalue weighted by Gasteiger charge is -2.57. The largest absolute Gasteiger partial charge is 0.494 e. The Morgan fingerprint density at radius 1 is 0.943 bits per heavy atom. The molecule has 1 aromatic heterocycles. The van der Waals surface area contributed by atoms with Crippen LogP contribution in [0.4, 0.5) is 0 Å². The van der Waals surface area contributed by atoms with Gasteiger partial charge in [-0.3, -0.25) is 14.7 Å². The zero-order chi connectivity index (χ0) is 23.7. The highest BCUT2D eigenvalue weighted by Gasteiger charge is 2.50. The fourth-order valence-corrected chi connectivity index (χ4v) is 7.92. The van der Waals surface area contributed by atoms with Crippen LogP contribution >= 0.6 is 0 Å². The molecule has 0 N–H and O–H groups in total. The molecular weight excluding hydrogens is 434 g/mol. The van der Waals surface area contributed by atoms with Crippen LogP contribution in [0.1, 0.15) is 56.1 Å². The van der Waals surface area contributed by atoms with Gasteiger partial charge in [0.2, 0.25) is 5.91 Å². The van der Waals surface area contributed by atoms with Crippen molar-refractivity contribution in [2.24, 2.45) is 23.2 Å². The Morgan fingerprint density at radius 2 is 1.66 bits per heavy atom. The molecule has 0 unspecified atom stereocenters. The van der Waals surface area contributed by atoms with Crippen LogP contribution in [0.15, 0.2) is 48.8 Å². The van der Waals surface area contributed by atoms with Crippen LogP contribution in [-0.2, 0) is 17.8 Å². The van der Waals surface area contributed by atoms with E-state index >= 15 is 0 Å². The van der Waals surface area contributed by atoms with Gasteiger partial charge in [0, 0.05) is 45.1 Å². The van der Waals surface area contributed by atoms with E-state index in [1.807, 2.05) is 17.0 Å². The highest BCUT2D eigenvalue weighted by Crippen LogP contribution is 2.61. The minimum Gasteiger partial charge on any atom is -0.494 e. The fraction of sp³-hybridized carbons (Fsp3) is 0.600. The summed E-state index contributed by atoms with van der Waals surface area (Å²) in [6.45, 7) is 5.18. The Bertz CT molecular complexity index is 980. The lowest BCUT2D eigenvalue weighted by Crippen LogP contribution is -2.48. The molecule has 1 saturated heterocycles. The van der Waals surface area contributed by atoms with Crippen molar-refractivity contribution in [2.75, 3.05) is 32.8 Å². The number of benzene rings is 1. The number of hydrogen-bond acceptors (Lipinski definition) is 4. The van der Waals surface area contributed by atoms with Gasteiger partial charge in [-0.05, 0) is 97.4 Å². The third-order valence-electron chi connectivity index (χ3n) is 9.17. The zero-order valence-corrected chi connectivity index (χ0v) is 20.9. The van der Waals surface area contributed by atoms with Crippen LogP contribution in [0.2, 0.25) is 0 Å². The zero-order valence-electron chi connectivity index (χ0n) is 20.9. The molecule has 0 atom stereocenters. The van der Waals surface area contributed by atoms with E-state index < -0.39 is 0 Å². The van der Waals surface area contributed by atoms with Crippen LogP contribution in [0.5, 0.6) is 5.75 Å². The molecular formula is C30H39N3O2. The molecule has 7 rings (SSSR count). The molecule has 4 saturated carbocycles. The van der Waals surface area contributed by atoms with Gasteiger partial charge in [0.15, 0.2) is 0 Å². The van der Waals surface area contributed by atoms with Crippen molar-refractivity contribution in [3.63, 3.8) is 0 Å². The summed E-state index contributed by atoms with van der Waals surface area (Å²) in [7, 11) is 0. The predicted molar refractivity (Wildman–Crippen MR) is 137 cm³/mol. The van der Waals surface area contributed by atoms with Gasteiger partial charge in [0.25, 0.3) is 0 Å². The predicted octanol–water partition coefficient (Wildman–Crippen LogP) is 4.95. The first-order chi connectivity index (χ1) is 17.1. The molecule has 1 aliphatic heterocycles. The van der Waals surface area contributed by atoms with Crippen molar-refractivity contribution in [3.8, 4) is 5.75 Å². The first-order valence-electron chi connectivity index (χ1n) is 13.7. The Hall–Kier alpha value is -2.40. The molecule has 2 aromatic rings. The molecule has 1 amide bonds. The van der Waals surface area contributed by atoms with E-state index in [-0.39, 0.29) is 5.91 Å². The maximum absolute atomic E-state index is 12.6. The van der Waals surface area contributed by atoms with Gasteiger partial charge in [-0.1, -0.05) is 18.2 Å². The number of carbonyl (C=O) groups excluding carboxylic acids is 1. The van der Waals surface area contributed by atoms with E-state index in [1.165, 1.54) is 50.5 Å². The molecule has 4 bridgehead atoms. The Morgan fingerprint density at radius 3 is 2.34 bits per heavy atom. The number of amides is 1. The summed E-state index contributed by atoms with van der Waals surface area (Å²) in [4.78, 5) is 21.2. The van der Waals surface area contributed by atoms with Crippen LogP contribution in [-0.4, -0.2) is 53.5 Å². The van der Waals surface area contributed by atoms with Gasteiger partial charge in [-0.25, -0.2) is 0 Å². The smallest absolute Gasteiger partial charge is 0.227 e. The van der Waals surface area contributed by atoms with Crippen LogP contribution in [0, 0.1) is 23.2 Å². The van der Waals surface area contributed by atoms with Gasteiger partial charge in [-0.15, -0.1) is 0 Å². The standard InChI is InChI=1S/C30H39N3O2/c34-29(17-23-4-2-7-31-21-23)33-10-8-32(9-11-33)22-24-3-1-5-28(16-24)35-12-6-30-18-25-13-26(19-30)15-27(14-25)20-30/h1-5,7,16,21,25-27H,6,8-15,17-20,22H2. The summed E-state index contributed by atoms with van der Waals surface area (Å²) in [5.41, 5.74) is 2.87. The molecule has 35 heavy (non-hydrogen) atoms. The summed E-state index contributed by atoms with van der Waals surface area (Å²) in [5, 5.41) is 0. The number of ether oxygens (including phenoxy) is 1. The summed E-state index contributed by atoms with van der Waals surface area (Å²) in [6.07, 6.45) is 14.1. The number of rotatable bonds is 8. The number of piperazine rings is 1. The first kappa shape index (κ1) is 23.0. The molecule has 186 valence electrons. The van der Waals surface area contributed by atoms with Crippen LogP contribution in [0.25, 0.3) is 0 Å². The lowest BCUT2D eigenvalue weighted by molar-refractivity contribution is -0.132. The molecule has 5 nitrogen and oxygen atoms in total.